The molecule has 0 aromatic rings. The molecule has 0 bridgehead atoms. The van der Waals surface area contributed by atoms with Crippen LogP contribution in [0.1, 0.15) is 58.8 Å². The molecule has 3 atom stereocenters. The summed E-state index contributed by atoms with van der Waals surface area (Å²) in [5, 5.41) is 0. The zero-order valence-electron chi connectivity index (χ0n) is 12.6. The molecule has 5 heteroatoms. The number of rotatable bonds is 7. The second-order valence-electron chi connectivity index (χ2n) is 5.81. The highest BCUT2D eigenvalue weighted by Gasteiger charge is 2.79. The van der Waals surface area contributed by atoms with Gasteiger partial charge in [0.2, 0.25) is 5.79 Å². The van der Waals surface area contributed by atoms with E-state index in [1.165, 1.54) is 14.0 Å². The number of ether oxygens (including phenoxy) is 3. The zero-order chi connectivity index (χ0) is 14.8. The molecule has 2 aliphatic rings. The molecule has 0 radical (unpaired) electrons. The molecule has 0 unspecified atom stereocenters. The molecule has 1 heterocycles. The van der Waals surface area contributed by atoms with Gasteiger partial charge in [0, 0.05) is 19.3 Å². The van der Waals surface area contributed by atoms with Gasteiger partial charge < -0.3 is 14.2 Å². The third-order valence-electron chi connectivity index (χ3n) is 4.53. The number of hydrogen-bond donors (Lipinski definition) is 0. The van der Waals surface area contributed by atoms with Gasteiger partial charge in [-0.25, -0.2) is 0 Å². The lowest BCUT2D eigenvalue weighted by Crippen LogP contribution is -2.31. The highest BCUT2D eigenvalue weighted by Crippen LogP contribution is 2.66. The van der Waals surface area contributed by atoms with Crippen molar-refractivity contribution in [3.8, 4) is 0 Å². The van der Waals surface area contributed by atoms with Crippen LogP contribution in [0.2, 0.25) is 0 Å². The summed E-state index contributed by atoms with van der Waals surface area (Å²) in [6, 6.07) is 0. The lowest BCUT2D eigenvalue weighted by Gasteiger charge is -2.19. The molecule has 0 spiro atoms. The lowest BCUT2D eigenvalue weighted by atomic mass is 9.86. The Kier molecular flexibility index (Phi) is 4.37. The van der Waals surface area contributed by atoms with Gasteiger partial charge in [0.25, 0.3) is 0 Å². The minimum Gasteiger partial charge on any atom is -0.469 e. The Bertz CT molecular complexity index is 394. The number of esters is 2. The molecule has 5 nitrogen and oxygen atoms in total. The van der Waals surface area contributed by atoms with Crippen LogP contribution in [-0.2, 0) is 23.8 Å². The monoisotopic (exact) mass is 284 g/mol. The second kappa shape index (κ2) is 5.72. The van der Waals surface area contributed by atoms with Crippen LogP contribution in [0.4, 0.5) is 0 Å². The van der Waals surface area contributed by atoms with E-state index in [9.17, 15) is 9.59 Å². The van der Waals surface area contributed by atoms with Crippen LogP contribution < -0.4 is 0 Å². The number of unbranched alkanes of at least 4 members (excludes halogenated alkanes) is 2. The van der Waals surface area contributed by atoms with Gasteiger partial charge in [-0.1, -0.05) is 26.2 Å². The van der Waals surface area contributed by atoms with E-state index >= 15 is 0 Å². The maximum Gasteiger partial charge on any atom is 0.305 e. The van der Waals surface area contributed by atoms with E-state index in [1.54, 1.807) is 0 Å². The summed E-state index contributed by atoms with van der Waals surface area (Å²) in [5.74, 6) is -1.23. The number of carbonyl (C=O) groups is 2. The topological polar surface area (TPSA) is 65.1 Å². The lowest BCUT2D eigenvalue weighted by molar-refractivity contribution is -0.156. The normalized spacial score (nSPS) is 34.5. The number of carbonyl (C=O) groups excluding carboxylic acids is 2. The summed E-state index contributed by atoms with van der Waals surface area (Å²) in [5.41, 5.74) is -0.456. The molecule has 2 fully saturated rings. The Morgan fingerprint density at radius 1 is 1.35 bits per heavy atom. The fraction of sp³-hybridized carbons (Fsp3) is 0.867. The first-order chi connectivity index (χ1) is 9.49. The number of hydrogen-bond acceptors (Lipinski definition) is 5. The molecule has 0 N–H and O–H groups in total. The maximum absolute atomic E-state index is 11.5. The molecule has 1 saturated carbocycles. The van der Waals surface area contributed by atoms with Crippen LogP contribution in [0.15, 0.2) is 0 Å². The van der Waals surface area contributed by atoms with Gasteiger partial charge >= 0.3 is 11.9 Å². The van der Waals surface area contributed by atoms with Crippen molar-refractivity contribution in [1.82, 2.24) is 0 Å². The Labute approximate surface area is 120 Å². The summed E-state index contributed by atoms with van der Waals surface area (Å²) >= 11 is 0. The summed E-state index contributed by atoms with van der Waals surface area (Å²) in [6.45, 7) is 3.55. The Hall–Kier alpha value is -1.10. The summed E-state index contributed by atoms with van der Waals surface area (Å²) in [7, 11) is 1.40. The van der Waals surface area contributed by atoms with Crippen LogP contribution in [0.5, 0.6) is 0 Å². The average molecular weight is 284 g/mol. The summed E-state index contributed by atoms with van der Waals surface area (Å²) < 4.78 is 16.1. The first-order valence-corrected chi connectivity index (χ1v) is 7.46. The minimum absolute atomic E-state index is 0.0890. The smallest absolute Gasteiger partial charge is 0.305 e. The van der Waals surface area contributed by atoms with Crippen molar-refractivity contribution in [3.63, 3.8) is 0 Å². The molecule has 0 aromatic heterocycles. The van der Waals surface area contributed by atoms with Gasteiger partial charge in [0.05, 0.1) is 13.5 Å². The second-order valence-corrected chi connectivity index (χ2v) is 5.81. The van der Waals surface area contributed by atoms with Crippen molar-refractivity contribution < 1.29 is 23.8 Å². The van der Waals surface area contributed by atoms with E-state index in [-0.39, 0.29) is 17.9 Å². The summed E-state index contributed by atoms with van der Waals surface area (Å²) in [6.07, 6.45) is 5.97. The fourth-order valence-electron chi connectivity index (χ4n) is 3.55. The van der Waals surface area contributed by atoms with Gasteiger partial charge in [-0.15, -0.1) is 0 Å². The van der Waals surface area contributed by atoms with Crippen LogP contribution in [0.3, 0.4) is 0 Å². The molecule has 1 saturated heterocycles. The van der Waals surface area contributed by atoms with Gasteiger partial charge in [-0.2, -0.15) is 0 Å². The molecule has 0 aromatic carbocycles. The molecule has 1 aliphatic carbocycles. The predicted octanol–water partition coefficient (Wildman–Crippen LogP) is 2.57. The van der Waals surface area contributed by atoms with Gasteiger partial charge in [-0.3, -0.25) is 9.59 Å². The molecular weight excluding hydrogens is 260 g/mol. The van der Waals surface area contributed by atoms with E-state index in [0.717, 1.165) is 32.1 Å². The maximum atomic E-state index is 11.5. The largest absolute Gasteiger partial charge is 0.469 e. The molecule has 1 aliphatic heterocycles. The Morgan fingerprint density at radius 3 is 2.70 bits per heavy atom. The standard InChI is InChI=1S/C15H24O5/c1-4-5-6-8-14-12(10-13(17)18-3)7-9-15(14,20-14)19-11(2)16/h12H,4-10H2,1-3H3/t12-,14+,15-/m0/s1. The molecule has 114 valence electrons. The molecular formula is C15H24O5. The highest BCUT2D eigenvalue weighted by atomic mass is 16.8. The average Bonchev–Trinajstić information content (AvgIpc) is 2.93. The van der Waals surface area contributed by atoms with Crippen LogP contribution >= 0.6 is 0 Å². The van der Waals surface area contributed by atoms with E-state index in [1.807, 2.05) is 0 Å². The van der Waals surface area contributed by atoms with Crippen LogP contribution in [-0.4, -0.2) is 30.4 Å². The van der Waals surface area contributed by atoms with E-state index in [4.69, 9.17) is 14.2 Å². The first-order valence-electron chi connectivity index (χ1n) is 7.46. The zero-order valence-corrected chi connectivity index (χ0v) is 12.6. The number of epoxide rings is 1. The van der Waals surface area contributed by atoms with Crippen molar-refractivity contribution in [2.45, 2.75) is 70.2 Å². The predicted molar refractivity (Wildman–Crippen MR) is 71.8 cm³/mol. The number of methoxy groups -OCH3 is 1. The van der Waals surface area contributed by atoms with Gasteiger partial charge in [-0.05, 0) is 12.8 Å². The van der Waals surface area contributed by atoms with Gasteiger partial charge in [0.15, 0.2) is 0 Å². The Morgan fingerprint density at radius 2 is 2.10 bits per heavy atom. The van der Waals surface area contributed by atoms with Crippen molar-refractivity contribution in [2.24, 2.45) is 5.92 Å². The molecule has 20 heavy (non-hydrogen) atoms. The summed E-state index contributed by atoms with van der Waals surface area (Å²) in [4.78, 5) is 22.8. The van der Waals surface area contributed by atoms with Crippen molar-refractivity contribution in [3.05, 3.63) is 0 Å². The number of fused-ring (bicyclic) bond motifs is 1. The minimum atomic E-state index is -0.773. The quantitative estimate of drug-likeness (QED) is 0.408. The SMILES string of the molecule is CCCCC[C@]12O[C@@]1(OC(C)=O)CC[C@H]2CC(=O)OC. The van der Waals surface area contributed by atoms with Crippen molar-refractivity contribution in [2.75, 3.05) is 7.11 Å². The van der Waals surface area contributed by atoms with E-state index < -0.39 is 11.4 Å². The highest BCUT2D eigenvalue weighted by molar-refractivity contribution is 5.70. The molecule has 0 amide bonds. The van der Waals surface area contributed by atoms with E-state index in [0.29, 0.717) is 12.8 Å². The first kappa shape index (κ1) is 15.3. The van der Waals surface area contributed by atoms with E-state index in [2.05, 4.69) is 6.92 Å². The third kappa shape index (κ3) is 2.55. The third-order valence-corrected chi connectivity index (χ3v) is 4.53. The van der Waals surface area contributed by atoms with Crippen molar-refractivity contribution >= 4 is 11.9 Å². The molecule has 2 rings (SSSR count). The van der Waals surface area contributed by atoms with Crippen molar-refractivity contribution in [1.29, 1.82) is 0 Å². The fourth-order valence-corrected chi connectivity index (χ4v) is 3.55. The Balaban J connectivity index is 2.07. The van der Waals surface area contributed by atoms with Gasteiger partial charge in [0.1, 0.15) is 5.60 Å². The van der Waals surface area contributed by atoms with Crippen LogP contribution in [0, 0.1) is 5.92 Å². The van der Waals surface area contributed by atoms with Crippen LogP contribution in [0.25, 0.3) is 0 Å².